The van der Waals surface area contributed by atoms with Crippen LogP contribution < -0.4 is 15.0 Å². The number of rotatable bonds is 0. The van der Waals surface area contributed by atoms with Crippen LogP contribution in [0, 0.1) is 0 Å². The third-order valence-corrected chi connectivity index (χ3v) is 3.53. The predicted molar refractivity (Wildman–Crippen MR) is 73.8 cm³/mol. The van der Waals surface area contributed by atoms with Gasteiger partial charge >= 0.3 is 0 Å². The largest absolute Gasteiger partial charge is 0.491 e. The highest BCUT2D eigenvalue weighted by Crippen LogP contribution is 2.35. The molecule has 1 aromatic rings. The molecule has 0 fully saturated rings. The Labute approximate surface area is 112 Å². The van der Waals surface area contributed by atoms with E-state index in [9.17, 15) is 0 Å². The summed E-state index contributed by atoms with van der Waals surface area (Å²) >= 11 is 6.11. The second-order valence-electron chi connectivity index (χ2n) is 4.60. The second-order valence-corrected chi connectivity index (χ2v) is 5.04. The molecule has 0 radical (unpaired) electrons. The van der Waals surface area contributed by atoms with Crippen LogP contribution in [0.1, 0.15) is 13.3 Å². The lowest BCUT2D eigenvalue weighted by Crippen LogP contribution is -2.44. The van der Waals surface area contributed by atoms with E-state index < -0.39 is 0 Å². The summed E-state index contributed by atoms with van der Waals surface area (Å²) in [7, 11) is 0. The molecular weight excluding hydrogens is 250 g/mol. The molecule has 18 heavy (non-hydrogen) atoms. The molecule has 5 heteroatoms. The molecule has 1 atom stereocenters. The van der Waals surface area contributed by atoms with Gasteiger partial charge in [-0.15, -0.1) is 0 Å². The monoisotopic (exact) mass is 265 g/mol. The van der Waals surface area contributed by atoms with E-state index >= 15 is 0 Å². The van der Waals surface area contributed by atoms with Crippen molar-refractivity contribution in [1.82, 2.24) is 5.32 Å². The van der Waals surface area contributed by atoms with Crippen LogP contribution >= 0.6 is 11.6 Å². The Morgan fingerprint density at radius 3 is 3.17 bits per heavy atom. The summed E-state index contributed by atoms with van der Waals surface area (Å²) in [6, 6.07) is 6.08. The Balaban J connectivity index is 2.07. The number of aliphatic imine (C=N–C) groups is 1. The van der Waals surface area contributed by atoms with Gasteiger partial charge in [0.05, 0.1) is 18.8 Å². The summed E-state index contributed by atoms with van der Waals surface area (Å²) in [5, 5.41) is 4.04. The van der Waals surface area contributed by atoms with E-state index in [1.165, 1.54) is 0 Å². The molecule has 2 aliphatic rings. The van der Waals surface area contributed by atoms with E-state index in [0.717, 1.165) is 48.5 Å². The van der Waals surface area contributed by atoms with Gasteiger partial charge < -0.3 is 15.0 Å². The average Bonchev–Trinajstić information content (AvgIpc) is 2.81. The standard InChI is InChI=1S/C13H16ClN3O/c1-9-4-7-18-12-3-2-10(14)8-11(12)17(9)13-15-5-6-16-13/h2-3,8-9H,4-7H2,1H3,(H,15,16). The minimum Gasteiger partial charge on any atom is -0.491 e. The number of anilines is 1. The van der Waals surface area contributed by atoms with Crippen LogP contribution in [0.25, 0.3) is 0 Å². The number of guanidine groups is 1. The van der Waals surface area contributed by atoms with Crippen molar-refractivity contribution in [3.63, 3.8) is 0 Å². The summed E-state index contributed by atoms with van der Waals surface area (Å²) in [5.74, 6) is 1.80. The first-order valence-corrected chi connectivity index (χ1v) is 6.63. The van der Waals surface area contributed by atoms with Crippen LogP contribution in [0.5, 0.6) is 5.75 Å². The van der Waals surface area contributed by atoms with E-state index in [2.05, 4.69) is 22.1 Å². The molecule has 0 spiro atoms. The number of nitrogens with zero attached hydrogens (tertiary/aromatic N) is 2. The number of halogens is 1. The molecule has 0 saturated carbocycles. The molecule has 0 amide bonds. The van der Waals surface area contributed by atoms with Gasteiger partial charge in [-0.1, -0.05) is 11.6 Å². The maximum atomic E-state index is 6.11. The topological polar surface area (TPSA) is 36.9 Å². The van der Waals surface area contributed by atoms with Crippen LogP contribution in [0.4, 0.5) is 5.69 Å². The Kier molecular flexibility index (Phi) is 3.04. The molecule has 96 valence electrons. The summed E-state index contributed by atoms with van der Waals surface area (Å²) in [6.07, 6.45) is 0.965. The number of hydrogen-bond donors (Lipinski definition) is 1. The van der Waals surface area contributed by atoms with Crippen molar-refractivity contribution in [3.05, 3.63) is 23.2 Å². The Morgan fingerprint density at radius 2 is 2.39 bits per heavy atom. The minimum atomic E-state index is 0.342. The SMILES string of the molecule is CC1CCOc2ccc(Cl)cc2N1C1=NCCN1. The molecule has 1 N–H and O–H groups in total. The van der Waals surface area contributed by atoms with Crippen molar-refractivity contribution in [2.24, 2.45) is 4.99 Å². The highest BCUT2D eigenvalue weighted by molar-refractivity contribution is 6.31. The van der Waals surface area contributed by atoms with E-state index in [4.69, 9.17) is 16.3 Å². The molecule has 4 nitrogen and oxygen atoms in total. The van der Waals surface area contributed by atoms with Gasteiger partial charge in [-0.05, 0) is 25.1 Å². The number of benzene rings is 1. The van der Waals surface area contributed by atoms with Crippen molar-refractivity contribution in [2.45, 2.75) is 19.4 Å². The van der Waals surface area contributed by atoms with Gasteiger partial charge in [0, 0.05) is 24.0 Å². The zero-order valence-corrected chi connectivity index (χ0v) is 11.1. The molecule has 0 saturated heterocycles. The van der Waals surface area contributed by atoms with Crippen LogP contribution in [0.2, 0.25) is 5.02 Å². The molecule has 0 bridgehead atoms. The van der Waals surface area contributed by atoms with Crippen molar-refractivity contribution >= 4 is 23.2 Å². The van der Waals surface area contributed by atoms with E-state index in [0.29, 0.717) is 6.04 Å². The van der Waals surface area contributed by atoms with Crippen molar-refractivity contribution in [1.29, 1.82) is 0 Å². The number of ether oxygens (including phenoxy) is 1. The third kappa shape index (κ3) is 2.01. The predicted octanol–water partition coefficient (Wildman–Crippen LogP) is 2.28. The first-order valence-electron chi connectivity index (χ1n) is 6.25. The quantitative estimate of drug-likeness (QED) is 0.782. The van der Waals surface area contributed by atoms with E-state index in [1.54, 1.807) is 0 Å². The Hall–Kier alpha value is -1.42. The second kappa shape index (κ2) is 4.69. The van der Waals surface area contributed by atoms with E-state index in [-0.39, 0.29) is 0 Å². The fraction of sp³-hybridized carbons (Fsp3) is 0.462. The van der Waals surface area contributed by atoms with Gasteiger partial charge in [0.2, 0.25) is 0 Å². The number of hydrogen-bond acceptors (Lipinski definition) is 4. The van der Waals surface area contributed by atoms with Crippen LogP contribution in [-0.2, 0) is 0 Å². The highest BCUT2D eigenvalue weighted by atomic mass is 35.5. The third-order valence-electron chi connectivity index (χ3n) is 3.30. The van der Waals surface area contributed by atoms with Crippen LogP contribution in [0.15, 0.2) is 23.2 Å². The zero-order valence-electron chi connectivity index (χ0n) is 10.3. The summed E-state index contributed by atoms with van der Waals surface area (Å²) in [4.78, 5) is 6.71. The average molecular weight is 266 g/mol. The molecule has 1 aromatic carbocycles. The Bertz CT molecular complexity index is 489. The van der Waals surface area contributed by atoms with Crippen LogP contribution in [-0.4, -0.2) is 31.7 Å². The molecule has 3 rings (SSSR count). The van der Waals surface area contributed by atoms with Crippen LogP contribution in [0.3, 0.4) is 0 Å². The van der Waals surface area contributed by atoms with E-state index in [1.807, 2.05) is 18.2 Å². The smallest absolute Gasteiger partial charge is 0.198 e. The maximum absolute atomic E-state index is 6.11. The number of fused-ring (bicyclic) bond motifs is 1. The van der Waals surface area contributed by atoms with Gasteiger partial charge in [0.1, 0.15) is 5.75 Å². The molecule has 2 heterocycles. The van der Waals surface area contributed by atoms with Crippen molar-refractivity contribution < 1.29 is 4.74 Å². The first-order chi connectivity index (χ1) is 8.75. The summed E-state index contributed by atoms with van der Waals surface area (Å²) in [5.41, 5.74) is 1.00. The molecule has 1 unspecified atom stereocenters. The van der Waals surface area contributed by atoms with Gasteiger partial charge in [-0.25, -0.2) is 0 Å². The fourth-order valence-corrected chi connectivity index (χ4v) is 2.54. The summed E-state index contributed by atoms with van der Waals surface area (Å²) in [6.45, 7) is 4.63. The Morgan fingerprint density at radius 1 is 1.50 bits per heavy atom. The summed E-state index contributed by atoms with van der Waals surface area (Å²) < 4.78 is 5.78. The lowest BCUT2D eigenvalue weighted by Gasteiger charge is -2.29. The highest BCUT2D eigenvalue weighted by Gasteiger charge is 2.27. The maximum Gasteiger partial charge on any atom is 0.198 e. The van der Waals surface area contributed by atoms with Crippen molar-refractivity contribution in [3.8, 4) is 5.75 Å². The molecule has 0 aliphatic carbocycles. The van der Waals surface area contributed by atoms with Gasteiger partial charge in [-0.2, -0.15) is 0 Å². The van der Waals surface area contributed by atoms with Crippen molar-refractivity contribution in [2.75, 3.05) is 24.6 Å². The van der Waals surface area contributed by atoms with Gasteiger partial charge in [-0.3, -0.25) is 4.99 Å². The lowest BCUT2D eigenvalue weighted by atomic mass is 10.2. The zero-order chi connectivity index (χ0) is 12.5. The fourth-order valence-electron chi connectivity index (χ4n) is 2.38. The number of nitrogens with one attached hydrogen (secondary N) is 1. The van der Waals surface area contributed by atoms with Gasteiger partial charge in [0.15, 0.2) is 5.96 Å². The normalized spacial score (nSPS) is 22.7. The molecule has 2 aliphatic heterocycles. The lowest BCUT2D eigenvalue weighted by molar-refractivity contribution is 0.313. The van der Waals surface area contributed by atoms with Gasteiger partial charge in [0.25, 0.3) is 0 Å². The molecular formula is C13H16ClN3O. The molecule has 0 aromatic heterocycles. The minimum absolute atomic E-state index is 0.342. The first kappa shape index (κ1) is 11.7.